The van der Waals surface area contributed by atoms with Gasteiger partial charge in [-0.1, -0.05) is 11.6 Å². The van der Waals surface area contributed by atoms with Crippen LogP contribution in [0.25, 0.3) is 11.0 Å². The number of aryl methyl sites for hydroxylation is 2. The molecule has 0 bridgehead atoms. The number of hydrogen-bond donors (Lipinski definition) is 1. The summed E-state index contributed by atoms with van der Waals surface area (Å²) in [5.41, 5.74) is -0.836. The molecule has 2 aromatic heterocycles. The second kappa shape index (κ2) is 6.89. The van der Waals surface area contributed by atoms with E-state index in [0.717, 1.165) is 10.6 Å². The summed E-state index contributed by atoms with van der Waals surface area (Å²) in [5.74, 6) is -0.675. The summed E-state index contributed by atoms with van der Waals surface area (Å²) in [6, 6.07) is 3.62. The predicted octanol–water partition coefficient (Wildman–Crippen LogP) is 1.75. The Bertz CT molecular complexity index is 1280. The van der Waals surface area contributed by atoms with Gasteiger partial charge in [0, 0.05) is 31.9 Å². The zero-order valence-corrected chi connectivity index (χ0v) is 15.8. The van der Waals surface area contributed by atoms with Crippen LogP contribution in [0, 0.1) is 17.0 Å². The van der Waals surface area contributed by atoms with Gasteiger partial charge in [0.25, 0.3) is 17.2 Å². The van der Waals surface area contributed by atoms with Crippen molar-refractivity contribution in [2.24, 2.45) is 14.1 Å². The topological polar surface area (TPSA) is 129 Å². The Morgan fingerprint density at radius 3 is 2.57 bits per heavy atom. The second-order valence-electron chi connectivity index (χ2n) is 6.10. The lowest BCUT2D eigenvalue weighted by atomic mass is 10.1. The van der Waals surface area contributed by atoms with Crippen LogP contribution in [-0.4, -0.2) is 24.9 Å². The number of carbonyl (C=O) groups excluding carboxylic acids is 1. The Balaban J connectivity index is 2.18. The molecule has 0 spiro atoms. The number of aromatic nitrogens is 3. The van der Waals surface area contributed by atoms with Gasteiger partial charge in [0.05, 0.1) is 10.6 Å². The molecule has 1 N–H and O–H groups in total. The van der Waals surface area contributed by atoms with Crippen LogP contribution in [0.3, 0.4) is 0 Å². The summed E-state index contributed by atoms with van der Waals surface area (Å²) >= 11 is 5.77. The van der Waals surface area contributed by atoms with Gasteiger partial charge in [-0.25, -0.2) is 9.78 Å². The van der Waals surface area contributed by atoms with Gasteiger partial charge < -0.3 is 5.32 Å². The zero-order valence-electron chi connectivity index (χ0n) is 15.0. The summed E-state index contributed by atoms with van der Waals surface area (Å²) in [6.07, 6.45) is 1.42. The number of amides is 1. The lowest BCUT2D eigenvalue weighted by Gasteiger charge is -2.13. The van der Waals surface area contributed by atoms with Crippen molar-refractivity contribution in [3.8, 4) is 0 Å². The number of rotatable bonds is 3. The number of nitro benzene ring substituents is 1. The van der Waals surface area contributed by atoms with E-state index in [1.54, 1.807) is 6.92 Å². The molecule has 2 heterocycles. The van der Waals surface area contributed by atoms with Crippen molar-refractivity contribution in [2.75, 3.05) is 5.32 Å². The molecule has 1 aromatic carbocycles. The van der Waals surface area contributed by atoms with E-state index >= 15 is 0 Å². The van der Waals surface area contributed by atoms with Gasteiger partial charge in [0.1, 0.15) is 10.4 Å². The van der Waals surface area contributed by atoms with E-state index in [1.807, 2.05) is 0 Å². The van der Waals surface area contributed by atoms with Gasteiger partial charge in [0.2, 0.25) is 0 Å². The molecule has 0 fully saturated rings. The molecule has 11 heteroatoms. The summed E-state index contributed by atoms with van der Waals surface area (Å²) in [4.78, 5) is 51.9. The molecule has 28 heavy (non-hydrogen) atoms. The Kier molecular flexibility index (Phi) is 4.73. The predicted molar refractivity (Wildman–Crippen MR) is 103 cm³/mol. The van der Waals surface area contributed by atoms with Crippen molar-refractivity contribution < 1.29 is 9.72 Å². The maximum atomic E-state index is 12.7. The van der Waals surface area contributed by atoms with Crippen LogP contribution < -0.4 is 16.6 Å². The quantitative estimate of drug-likeness (QED) is 0.524. The third kappa shape index (κ3) is 3.03. The van der Waals surface area contributed by atoms with Gasteiger partial charge >= 0.3 is 5.69 Å². The van der Waals surface area contributed by atoms with Crippen LogP contribution in [0.2, 0.25) is 5.02 Å². The minimum Gasteiger partial charge on any atom is -0.321 e. The molecule has 3 rings (SSSR count). The van der Waals surface area contributed by atoms with Crippen molar-refractivity contribution >= 4 is 39.9 Å². The first-order valence-corrected chi connectivity index (χ1v) is 8.32. The highest BCUT2D eigenvalue weighted by molar-refractivity contribution is 6.32. The van der Waals surface area contributed by atoms with E-state index in [9.17, 15) is 24.5 Å². The number of carbonyl (C=O) groups is 1. The summed E-state index contributed by atoms with van der Waals surface area (Å²) in [6.45, 7) is 1.64. The number of hydrogen-bond acceptors (Lipinski definition) is 6. The van der Waals surface area contributed by atoms with Crippen molar-refractivity contribution in [1.29, 1.82) is 0 Å². The fourth-order valence-electron chi connectivity index (χ4n) is 2.76. The molecule has 1 amide bonds. The largest absolute Gasteiger partial charge is 0.332 e. The maximum Gasteiger partial charge on any atom is 0.332 e. The summed E-state index contributed by atoms with van der Waals surface area (Å²) in [5, 5.41) is 13.6. The molecular formula is C17H14ClN5O5. The standard InChI is InChI=1S/C17H14ClN5O5/c1-8-7-19-14-12(16(25)22(3)17(26)21(14)2)13(8)20-15(24)9-4-5-10(18)11(6-9)23(27)28/h4-7H,1-3H3,(H,19,20,24). The van der Waals surface area contributed by atoms with E-state index in [4.69, 9.17) is 11.6 Å². The average Bonchev–Trinajstić information content (AvgIpc) is 2.66. The minimum atomic E-state index is -0.697. The fraction of sp³-hybridized carbons (Fsp3) is 0.176. The highest BCUT2D eigenvalue weighted by Crippen LogP contribution is 2.27. The molecule has 0 saturated heterocycles. The van der Waals surface area contributed by atoms with Gasteiger partial charge in [-0.15, -0.1) is 0 Å². The number of nitro groups is 1. The van der Waals surface area contributed by atoms with Crippen LogP contribution in [0.1, 0.15) is 15.9 Å². The minimum absolute atomic E-state index is 0.0119. The average molecular weight is 404 g/mol. The molecule has 3 aromatic rings. The lowest BCUT2D eigenvalue weighted by molar-refractivity contribution is -0.384. The number of anilines is 1. The summed E-state index contributed by atoms with van der Waals surface area (Å²) in [7, 11) is 2.78. The van der Waals surface area contributed by atoms with Crippen LogP contribution in [-0.2, 0) is 14.1 Å². The van der Waals surface area contributed by atoms with E-state index in [2.05, 4.69) is 10.3 Å². The van der Waals surface area contributed by atoms with Gasteiger partial charge in [-0.05, 0) is 24.6 Å². The first-order valence-electron chi connectivity index (χ1n) is 7.94. The van der Waals surface area contributed by atoms with Gasteiger partial charge in [0.15, 0.2) is 5.65 Å². The van der Waals surface area contributed by atoms with E-state index < -0.39 is 27.8 Å². The monoisotopic (exact) mass is 403 g/mol. The molecule has 0 unspecified atom stereocenters. The second-order valence-corrected chi connectivity index (χ2v) is 6.51. The number of nitrogens with zero attached hydrogens (tertiary/aromatic N) is 4. The SMILES string of the molecule is Cc1cnc2c(c1NC(=O)c1ccc(Cl)c([N+](=O)[O-])c1)c(=O)n(C)c(=O)n2C. The van der Waals surface area contributed by atoms with E-state index in [-0.39, 0.29) is 27.3 Å². The number of pyridine rings is 1. The number of benzene rings is 1. The Labute approximate surface area is 162 Å². The third-order valence-electron chi connectivity index (χ3n) is 4.30. The molecule has 0 aliphatic carbocycles. The first-order chi connectivity index (χ1) is 13.1. The van der Waals surface area contributed by atoms with E-state index in [0.29, 0.717) is 5.56 Å². The molecule has 0 aliphatic heterocycles. The lowest BCUT2D eigenvalue weighted by Crippen LogP contribution is -2.37. The highest BCUT2D eigenvalue weighted by Gasteiger charge is 2.20. The van der Waals surface area contributed by atoms with Gasteiger partial charge in [-0.3, -0.25) is 28.8 Å². The smallest absolute Gasteiger partial charge is 0.321 e. The Hall–Kier alpha value is -3.53. The zero-order chi connectivity index (χ0) is 20.7. The maximum absolute atomic E-state index is 12.7. The molecule has 0 saturated carbocycles. The first kappa shape index (κ1) is 19.2. The van der Waals surface area contributed by atoms with Gasteiger partial charge in [-0.2, -0.15) is 0 Å². The molecule has 0 radical (unpaired) electrons. The number of halogens is 1. The Morgan fingerprint density at radius 2 is 1.93 bits per heavy atom. The third-order valence-corrected chi connectivity index (χ3v) is 4.62. The molecule has 0 atom stereocenters. The van der Waals surface area contributed by atoms with Crippen molar-refractivity contribution in [1.82, 2.24) is 14.1 Å². The summed E-state index contributed by atoms with van der Waals surface area (Å²) < 4.78 is 2.10. The van der Waals surface area contributed by atoms with E-state index in [1.165, 1.54) is 37.0 Å². The molecule has 0 aliphatic rings. The van der Waals surface area contributed by atoms with Crippen molar-refractivity contribution in [3.63, 3.8) is 0 Å². The van der Waals surface area contributed by atoms with Crippen LogP contribution in [0.4, 0.5) is 11.4 Å². The van der Waals surface area contributed by atoms with Crippen LogP contribution in [0.15, 0.2) is 34.0 Å². The normalized spacial score (nSPS) is 10.9. The van der Waals surface area contributed by atoms with Crippen molar-refractivity contribution in [2.45, 2.75) is 6.92 Å². The fourth-order valence-corrected chi connectivity index (χ4v) is 2.95. The highest BCUT2D eigenvalue weighted by atomic mass is 35.5. The molecule has 10 nitrogen and oxygen atoms in total. The Morgan fingerprint density at radius 1 is 1.25 bits per heavy atom. The van der Waals surface area contributed by atoms with Crippen LogP contribution in [0.5, 0.6) is 0 Å². The molecular weight excluding hydrogens is 390 g/mol. The number of fused-ring (bicyclic) bond motifs is 1. The molecule has 144 valence electrons. The van der Waals surface area contributed by atoms with Crippen LogP contribution >= 0.6 is 11.6 Å². The van der Waals surface area contributed by atoms with Crippen molar-refractivity contribution in [3.05, 3.63) is 71.5 Å². The number of nitrogens with one attached hydrogen (secondary N) is 1.